The highest BCUT2D eigenvalue weighted by atomic mass is 35.5. The number of ether oxygens (including phenoxy) is 3. The third kappa shape index (κ3) is 5.42. The van der Waals surface area contributed by atoms with E-state index in [2.05, 4.69) is 10.6 Å². The maximum atomic E-state index is 12.4. The normalized spacial score (nSPS) is 17.0. The second kappa shape index (κ2) is 10.5. The van der Waals surface area contributed by atoms with Gasteiger partial charge in [0, 0.05) is 24.7 Å². The van der Waals surface area contributed by atoms with Crippen molar-refractivity contribution < 1.29 is 19.0 Å². The first-order valence-electron chi connectivity index (χ1n) is 9.27. The number of hydrogen-bond acceptors (Lipinski definition) is 5. The average molecular weight is 385 g/mol. The van der Waals surface area contributed by atoms with Gasteiger partial charge in [-0.1, -0.05) is 25.7 Å². The Bertz CT molecular complexity index is 572. The fraction of sp³-hybridized carbons (Fsp3) is 0.632. The first kappa shape index (κ1) is 20.6. The Balaban J connectivity index is 0.00000243. The van der Waals surface area contributed by atoms with Gasteiger partial charge >= 0.3 is 0 Å². The van der Waals surface area contributed by atoms with Crippen LogP contribution in [0.25, 0.3) is 0 Å². The van der Waals surface area contributed by atoms with Gasteiger partial charge in [0.05, 0.1) is 7.11 Å². The van der Waals surface area contributed by atoms with E-state index in [-0.39, 0.29) is 18.3 Å². The van der Waals surface area contributed by atoms with Crippen LogP contribution in [0.1, 0.15) is 48.9 Å². The second-order valence-electron chi connectivity index (χ2n) is 6.60. The Kier molecular flexibility index (Phi) is 8.32. The van der Waals surface area contributed by atoms with Crippen molar-refractivity contribution in [1.82, 2.24) is 10.6 Å². The summed E-state index contributed by atoms with van der Waals surface area (Å²) in [4.78, 5) is 12.4. The van der Waals surface area contributed by atoms with Gasteiger partial charge in [-0.25, -0.2) is 0 Å². The molecule has 1 aromatic carbocycles. The van der Waals surface area contributed by atoms with Crippen LogP contribution in [0.15, 0.2) is 12.1 Å². The molecule has 0 aromatic heterocycles. The SMILES string of the molecule is COc1cc(C(=O)NCCNC2CCCCCC2)cc2c1OCCO2.Cl. The Morgan fingerprint density at radius 1 is 1.12 bits per heavy atom. The summed E-state index contributed by atoms with van der Waals surface area (Å²) in [6.45, 7) is 2.36. The number of carbonyl (C=O) groups excluding carboxylic acids is 1. The summed E-state index contributed by atoms with van der Waals surface area (Å²) in [7, 11) is 1.56. The zero-order chi connectivity index (χ0) is 17.5. The monoisotopic (exact) mass is 384 g/mol. The van der Waals surface area contributed by atoms with Crippen LogP contribution in [0.2, 0.25) is 0 Å². The molecule has 3 rings (SSSR count). The molecule has 146 valence electrons. The van der Waals surface area contributed by atoms with E-state index >= 15 is 0 Å². The van der Waals surface area contributed by atoms with Crippen molar-refractivity contribution >= 4 is 18.3 Å². The zero-order valence-corrected chi connectivity index (χ0v) is 16.2. The van der Waals surface area contributed by atoms with Crippen molar-refractivity contribution in [2.45, 2.75) is 44.6 Å². The molecule has 1 aromatic rings. The van der Waals surface area contributed by atoms with Gasteiger partial charge in [-0.15, -0.1) is 12.4 Å². The van der Waals surface area contributed by atoms with Crippen molar-refractivity contribution in [2.24, 2.45) is 0 Å². The summed E-state index contributed by atoms with van der Waals surface area (Å²) in [5, 5.41) is 6.52. The van der Waals surface area contributed by atoms with Gasteiger partial charge in [-0.05, 0) is 25.0 Å². The molecule has 1 fully saturated rings. The van der Waals surface area contributed by atoms with Gasteiger partial charge in [0.25, 0.3) is 5.91 Å². The molecular formula is C19H29ClN2O4. The van der Waals surface area contributed by atoms with E-state index in [0.29, 0.717) is 48.6 Å². The average Bonchev–Trinajstić information content (AvgIpc) is 2.93. The highest BCUT2D eigenvalue weighted by molar-refractivity contribution is 5.95. The van der Waals surface area contributed by atoms with Crippen LogP contribution >= 0.6 is 12.4 Å². The molecule has 26 heavy (non-hydrogen) atoms. The second-order valence-corrected chi connectivity index (χ2v) is 6.60. The van der Waals surface area contributed by atoms with Gasteiger partial charge in [0.1, 0.15) is 13.2 Å². The third-order valence-corrected chi connectivity index (χ3v) is 4.79. The van der Waals surface area contributed by atoms with Crippen LogP contribution in [0.5, 0.6) is 17.2 Å². The fourth-order valence-electron chi connectivity index (χ4n) is 3.44. The van der Waals surface area contributed by atoms with E-state index in [1.54, 1.807) is 19.2 Å². The third-order valence-electron chi connectivity index (χ3n) is 4.79. The topological polar surface area (TPSA) is 68.8 Å². The minimum absolute atomic E-state index is 0. The van der Waals surface area contributed by atoms with Crippen molar-refractivity contribution in [3.8, 4) is 17.2 Å². The number of halogens is 1. The summed E-state index contributed by atoms with van der Waals surface area (Å²) in [6.07, 6.45) is 7.80. The smallest absolute Gasteiger partial charge is 0.251 e. The number of methoxy groups -OCH3 is 1. The van der Waals surface area contributed by atoms with E-state index in [0.717, 1.165) is 6.54 Å². The maximum Gasteiger partial charge on any atom is 0.251 e. The largest absolute Gasteiger partial charge is 0.493 e. The molecular weight excluding hydrogens is 356 g/mol. The lowest BCUT2D eigenvalue weighted by Crippen LogP contribution is -2.36. The van der Waals surface area contributed by atoms with E-state index in [1.807, 2.05) is 0 Å². The molecule has 0 spiro atoms. The van der Waals surface area contributed by atoms with Crippen LogP contribution in [-0.4, -0.2) is 45.4 Å². The number of amides is 1. The summed E-state index contributed by atoms with van der Waals surface area (Å²) < 4.78 is 16.5. The molecule has 1 heterocycles. The van der Waals surface area contributed by atoms with Crippen molar-refractivity contribution in [3.05, 3.63) is 17.7 Å². The molecule has 6 nitrogen and oxygen atoms in total. The maximum absolute atomic E-state index is 12.4. The Hall–Kier alpha value is -1.66. The first-order valence-corrected chi connectivity index (χ1v) is 9.27. The number of fused-ring (bicyclic) bond motifs is 1. The van der Waals surface area contributed by atoms with Crippen molar-refractivity contribution in [3.63, 3.8) is 0 Å². The lowest BCUT2D eigenvalue weighted by atomic mass is 10.1. The van der Waals surface area contributed by atoms with E-state index in [4.69, 9.17) is 14.2 Å². The van der Waals surface area contributed by atoms with Crippen LogP contribution in [0.4, 0.5) is 0 Å². The molecule has 0 radical (unpaired) electrons. The molecule has 1 amide bonds. The summed E-state index contributed by atoms with van der Waals surface area (Å²) >= 11 is 0. The van der Waals surface area contributed by atoms with E-state index in [9.17, 15) is 4.79 Å². The number of carbonyl (C=O) groups is 1. The number of hydrogen-bond donors (Lipinski definition) is 2. The molecule has 0 unspecified atom stereocenters. The lowest BCUT2D eigenvalue weighted by molar-refractivity contribution is 0.0951. The molecule has 1 aliphatic heterocycles. The van der Waals surface area contributed by atoms with E-state index in [1.165, 1.54) is 38.5 Å². The molecule has 1 aliphatic carbocycles. The van der Waals surface area contributed by atoms with Gasteiger partial charge < -0.3 is 24.8 Å². The van der Waals surface area contributed by atoms with Gasteiger partial charge in [-0.2, -0.15) is 0 Å². The number of rotatable bonds is 6. The van der Waals surface area contributed by atoms with Gasteiger partial charge in [0.15, 0.2) is 11.5 Å². The molecule has 2 aliphatic rings. The zero-order valence-electron chi connectivity index (χ0n) is 15.3. The highest BCUT2D eigenvalue weighted by Gasteiger charge is 2.20. The fourth-order valence-corrected chi connectivity index (χ4v) is 3.44. The summed E-state index contributed by atoms with van der Waals surface area (Å²) in [5.41, 5.74) is 0.524. The van der Waals surface area contributed by atoms with Gasteiger partial charge in [0.2, 0.25) is 5.75 Å². The standard InChI is InChI=1S/C19H28N2O4.ClH/c1-23-16-12-14(13-17-18(16)25-11-10-24-17)19(22)21-9-8-20-15-6-4-2-3-5-7-15;/h12-13,15,20H,2-11H2,1H3,(H,21,22);1H. The molecule has 0 saturated heterocycles. The van der Waals surface area contributed by atoms with Gasteiger partial charge in [-0.3, -0.25) is 4.79 Å². The van der Waals surface area contributed by atoms with Crippen LogP contribution < -0.4 is 24.8 Å². The highest BCUT2D eigenvalue weighted by Crippen LogP contribution is 2.40. The molecule has 0 atom stereocenters. The predicted octanol–water partition coefficient (Wildman–Crippen LogP) is 2.93. The molecule has 1 saturated carbocycles. The lowest BCUT2D eigenvalue weighted by Gasteiger charge is -2.21. The number of nitrogens with one attached hydrogen (secondary N) is 2. The minimum atomic E-state index is -0.127. The predicted molar refractivity (Wildman–Crippen MR) is 103 cm³/mol. The first-order chi connectivity index (χ1) is 12.3. The summed E-state index contributed by atoms with van der Waals surface area (Å²) in [6, 6.07) is 4.00. The van der Waals surface area contributed by atoms with E-state index < -0.39 is 0 Å². The summed E-state index contributed by atoms with van der Waals surface area (Å²) in [5.74, 6) is 1.53. The van der Waals surface area contributed by atoms with Crippen LogP contribution in [0, 0.1) is 0 Å². The number of benzene rings is 1. The van der Waals surface area contributed by atoms with Crippen molar-refractivity contribution in [2.75, 3.05) is 33.4 Å². The Morgan fingerprint density at radius 3 is 2.58 bits per heavy atom. The molecule has 0 bridgehead atoms. The minimum Gasteiger partial charge on any atom is -0.493 e. The molecule has 7 heteroatoms. The van der Waals surface area contributed by atoms with Crippen LogP contribution in [0.3, 0.4) is 0 Å². The van der Waals surface area contributed by atoms with Crippen molar-refractivity contribution in [1.29, 1.82) is 0 Å². The quantitative estimate of drug-likeness (QED) is 0.583. The van der Waals surface area contributed by atoms with Crippen LogP contribution in [-0.2, 0) is 0 Å². The molecule has 2 N–H and O–H groups in total. The Morgan fingerprint density at radius 2 is 1.85 bits per heavy atom. The Labute approximate surface area is 161 Å².